The third-order valence-electron chi connectivity index (χ3n) is 2.54. The lowest BCUT2D eigenvalue weighted by Gasteiger charge is -2.28. The van der Waals surface area contributed by atoms with Gasteiger partial charge in [-0.15, -0.1) is 0 Å². The highest BCUT2D eigenvalue weighted by Gasteiger charge is 2.33. The predicted molar refractivity (Wildman–Crippen MR) is 78.6 cm³/mol. The lowest BCUT2D eigenvalue weighted by Crippen LogP contribution is -2.47. The van der Waals surface area contributed by atoms with Crippen molar-refractivity contribution in [3.05, 3.63) is 28.2 Å². The summed E-state index contributed by atoms with van der Waals surface area (Å²) in [7, 11) is 0. The molecule has 0 fully saturated rings. The van der Waals surface area contributed by atoms with E-state index in [0.29, 0.717) is 10.8 Å². The van der Waals surface area contributed by atoms with Gasteiger partial charge in [0.2, 0.25) is 0 Å². The van der Waals surface area contributed by atoms with Crippen LogP contribution in [0, 0.1) is 0 Å². The summed E-state index contributed by atoms with van der Waals surface area (Å²) in [6.45, 7) is 6.66. The molecule has 110 valence electrons. The molecule has 6 heteroatoms. The van der Waals surface area contributed by atoms with Gasteiger partial charge in [0, 0.05) is 5.56 Å². The Bertz CT molecular complexity index is 524. The molecule has 0 heterocycles. The minimum absolute atomic E-state index is 0.0989. The van der Waals surface area contributed by atoms with Crippen LogP contribution in [0.3, 0.4) is 0 Å². The number of amides is 1. The van der Waals surface area contributed by atoms with Gasteiger partial charge in [0.25, 0.3) is 0 Å². The van der Waals surface area contributed by atoms with Crippen molar-refractivity contribution in [2.75, 3.05) is 0 Å². The molecule has 0 aliphatic rings. The average Bonchev–Trinajstić information content (AvgIpc) is 2.29. The quantitative estimate of drug-likeness (QED) is 0.827. The fourth-order valence-electron chi connectivity index (χ4n) is 1.61. The minimum atomic E-state index is -1.38. The maximum atomic E-state index is 11.8. The number of nitrogens with one attached hydrogen (secondary N) is 1. The van der Waals surface area contributed by atoms with Crippen molar-refractivity contribution in [3.8, 4) is 5.75 Å². The fraction of sp³-hybridized carbons (Fsp3) is 0.429. The van der Waals surface area contributed by atoms with Gasteiger partial charge in [-0.25, -0.2) is 4.79 Å². The van der Waals surface area contributed by atoms with Gasteiger partial charge in [0.1, 0.15) is 23.2 Å². The Morgan fingerprint density at radius 1 is 1.35 bits per heavy atom. The first-order chi connectivity index (χ1) is 9.09. The molecule has 1 atom stereocenters. The van der Waals surface area contributed by atoms with E-state index in [2.05, 4.69) is 21.2 Å². The summed E-state index contributed by atoms with van der Waals surface area (Å²) in [5, 5.41) is 12.5. The first kappa shape index (κ1) is 16.5. The summed E-state index contributed by atoms with van der Waals surface area (Å²) in [6.07, 6.45) is -0.176. The Labute approximate surface area is 126 Å². The van der Waals surface area contributed by atoms with Crippen molar-refractivity contribution in [3.63, 3.8) is 0 Å². The van der Waals surface area contributed by atoms with Crippen LogP contribution in [0.1, 0.15) is 33.3 Å². The molecule has 5 nitrogen and oxygen atoms in total. The SMILES string of the molecule is CC(C)(C)OC(=O)NC(C)(C=O)c1cccc(Br)c1O. The van der Waals surface area contributed by atoms with Crippen molar-refractivity contribution in [1.82, 2.24) is 5.32 Å². The van der Waals surface area contributed by atoms with Gasteiger partial charge in [-0.1, -0.05) is 12.1 Å². The van der Waals surface area contributed by atoms with Crippen molar-refractivity contribution in [2.24, 2.45) is 0 Å². The number of ether oxygens (including phenoxy) is 1. The normalized spacial score (nSPS) is 14.2. The number of phenols is 1. The number of carbonyl (C=O) groups is 2. The number of para-hydroxylation sites is 1. The molecule has 20 heavy (non-hydrogen) atoms. The predicted octanol–water partition coefficient (Wildman–Crippen LogP) is 3.09. The summed E-state index contributed by atoms with van der Waals surface area (Å²) >= 11 is 3.17. The Balaban J connectivity index is 3.06. The van der Waals surface area contributed by atoms with Crippen LogP contribution in [0.25, 0.3) is 0 Å². The molecule has 0 spiro atoms. The summed E-state index contributed by atoms with van der Waals surface area (Å²) in [5.41, 5.74) is -1.77. The zero-order chi connectivity index (χ0) is 15.6. The number of aldehydes is 1. The number of phenolic OH excluding ortho intramolecular Hbond substituents is 1. The first-order valence-electron chi connectivity index (χ1n) is 6.04. The molecule has 2 N–H and O–H groups in total. The zero-order valence-corrected chi connectivity index (χ0v) is 13.4. The van der Waals surface area contributed by atoms with Crippen LogP contribution in [0.2, 0.25) is 0 Å². The number of hydrogen-bond acceptors (Lipinski definition) is 4. The van der Waals surface area contributed by atoms with Gasteiger partial charge in [-0.2, -0.15) is 0 Å². The van der Waals surface area contributed by atoms with Crippen LogP contribution in [0.5, 0.6) is 5.75 Å². The fourth-order valence-corrected chi connectivity index (χ4v) is 1.98. The molecule has 0 aliphatic carbocycles. The number of alkyl carbamates (subject to hydrolysis) is 1. The Morgan fingerprint density at radius 3 is 2.45 bits per heavy atom. The lowest BCUT2D eigenvalue weighted by molar-refractivity contribution is -0.113. The van der Waals surface area contributed by atoms with Gasteiger partial charge < -0.3 is 20.0 Å². The molecule has 0 radical (unpaired) electrons. The topological polar surface area (TPSA) is 75.6 Å². The largest absolute Gasteiger partial charge is 0.506 e. The van der Waals surface area contributed by atoms with Crippen LogP contribution in [-0.2, 0) is 15.1 Å². The maximum absolute atomic E-state index is 11.8. The molecular weight excluding hydrogens is 326 g/mol. The van der Waals surface area contributed by atoms with E-state index in [-0.39, 0.29) is 11.3 Å². The van der Waals surface area contributed by atoms with Crippen LogP contribution >= 0.6 is 15.9 Å². The molecule has 1 rings (SSSR count). The first-order valence-corrected chi connectivity index (χ1v) is 6.84. The lowest BCUT2D eigenvalue weighted by atomic mass is 9.93. The summed E-state index contributed by atoms with van der Waals surface area (Å²) in [4.78, 5) is 23.2. The number of carbonyl (C=O) groups excluding carboxylic acids is 2. The van der Waals surface area contributed by atoms with Crippen molar-refractivity contribution in [2.45, 2.75) is 38.8 Å². The minimum Gasteiger partial charge on any atom is -0.506 e. The standard InChI is InChI=1S/C14H18BrNO4/c1-13(2,3)20-12(19)16-14(4,8-17)9-6-5-7-10(15)11(9)18/h5-8,18H,1-4H3,(H,16,19). The monoisotopic (exact) mass is 343 g/mol. The zero-order valence-electron chi connectivity index (χ0n) is 11.9. The van der Waals surface area contributed by atoms with E-state index in [1.165, 1.54) is 6.92 Å². The second-order valence-corrected chi connectivity index (χ2v) is 6.44. The Hall–Kier alpha value is -1.56. The molecule has 1 aromatic carbocycles. The molecule has 1 unspecified atom stereocenters. The van der Waals surface area contributed by atoms with Crippen molar-refractivity contribution < 1.29 is 19.4 Å². The van der Waals surface area contributed by atoms with Crippen molar-refractivity contribution in [1.29, 1.82) is 0 Å². The molecular formula is C14H18BrNO4. The van der Waals surface area contributed by atoms with Crippen LogP contribution in [0.4, 0.5) is 4.79 Å². The average molecular weight is 344 g/mol. The molecule has 0 saturated heterocycles. The molecule has 1 amide bonds. The second kappa shape index (κ2) is 5.83. The molecule has 1 aromatic rings. The van der Waals surface area contributed by atoms with Gasteiger partial charge in [-0.05, 0) is 49.7 Å². The third-order valence-corrected chi connectivity index (χ3v) is 3.18. The van der Waals surface area contributed by atoms with E-state index in [0.717, 1.165) is 0 Å². The van der Waals surface area contributed by atoms with Crippen LogP contribution < -0.4 is 5.32 Å². The van der Waals surface area contributed by atoms with Gasteiger partial charge in [0.15, 0.2) is 0 Å². The number of aromatic hydroxyl groups is 1. The van der Waals surface area contributed by atoms with Gasteiger partial charge >= 0.3 is 6.09 Å². The summed E-state index contributed by atoms with van der Waals surface area (Å²) in [5.74, 6) is -0.0989. The molecule has 0 aliphatic heterocycles. The van der Waals surface area contributed by atoms with E-state index in [1.807, 2.05) is 0 Å². The van der Waals surface area contributed by atoms with E-state index in [9.17, 15) is 14.7 Å². The molecule has 0 aromatic heterocycles. The van der Waals surface area contributed by atoms with E-state index in [4.69, 9.17) is 4.74 Å². The van der Waals surface area contributed by atoms with Gasteiger partial charge in [0.05, 0.1) is 4.47 Å². The van der Waals surface area contributed by atoms with E-state index >= 15 is 0 Å². The Kier molecular flexibility index (Phi) is 4.81. The summed E-state index contributed by atoms with van der Waals surface area (Å²) in [6, 6.07) is 4.86. The smallest absolute Gasteiger partial charge is 0.408 e. The number of halogens is 1. The molecule has 0 bridgehead atoms. The Morgan fingerprint density at radius 2 is 1.95 bits per heavy atom. The van der Waals surface area contributed by atoms with Crippen molar-refractivity contribution >= 4 is 28.3 Å². The van der Waals surface area contributed by atoms with E-state index in [1.54, 1.807) is 39.0 Å². The number of hydrogen-bond donors (Lipinski definition) is 2. The maximum Gasteiger partial charge on any atom is 0.408 e. The highest BCUT2D eigenvalue weighted by molar-refractivity contribution is 9.10. The van der Waals surface area contributed by atoms with Crippen LogP contribution in [0.15, 0.2) is 22.7 Å². The highest BCUT2D eigenvalue weighted by Crippen LogP contribution is 2.34. The summed E-state index contributed by atoms with van der Waals surface area (Å²) < 4.78 is 5.56. The highest BCUT2D eigenvalue weighted by atomic mass is 79.9. The second-order valence-electron chi connectivity index (χ2n) is 5.58. The molecule has 0 saturated carbocycles. The number of benzene rings is 1. The van der Waals surface area contributed by atoms with Crippen LogP contribution in [-0.4, -0.2) is 23.1 Å². The van der Waals surface area contributed by atoms with E-state index < -0.39 is 17.2 Å². The number of rotatable bonds is 3. The van der Waals surface area contributed by atoms with Gasteiger partial charge in [-0.3, -0.25) is 0 Å². The third kappa shape index (κ3) is 3.96.